The van der Waals surface area contributed by atoms with Crippen molar-refractivity contribution in [1.29, 1.82) is 0 Å². The number of benzene rings is 1. The van der Waals surface area contributed by atoms with E-state index in [4.69, 9.17) is 0 Å². The summed E-state index contributed by atoms with van der Waals surface area (Å²) in [6, 6.07) is 11.8. The number of β-amino-alcohol motifs (C(OH)–C–C–N with tert-alkyl or cyclic N) is 1. The molecule has 6 heteroatoms. The van der Waals surface area contributed by atoms with Gasteiger partial charge in [-0.25, -0.2) is 9.97 Å². The topological polar surface area (TPSA) is 55.7 Å². The van der Waals surface area contributed by atoms with E-state index in [2.05, 4.69) is 26.8 Å². The smallest absolute Gasteiger partial charge is 0.161 e. The van der Waals surface area contributed by atoms with Crippen molar-refractivity contribution in [2.24, 2.45) is 0 Å². The molecule has 2 heterocycles. The first-order chi connectivity index (χ1) is 12.1. The van der Waals surface area contributed by atoms with Gasteiger partial charge in [-0.1, -0.05) is 30.3 Å². The Labute approximate surface area is 149 Å². The summed E-state index contributed by atoms with van der Waals surface area (Å²) in [6.45, 7) is 5.42. The molecule has 1 N–H and O–H groups in total. The van der Waals surface area contributed by atoms with E-state index in [1.165, 1.54) is 0 Å². The van der Waals surface area contributed by atoms with E-state index in [9.17, 15) is 5.11 Å². The van der Waals surface area contributed by atoms with E-state index in [-0.39, 0.29) is 0 Å². The van der Waals surface area contributed by atoms with Crippen molar-refractivity contribution in [3.63, 3.8) is 0 Å². The number of rotatable bonds is 6. The molecule has 0 amide bonds. The fraction of sp³-hybridized carbons (Fsp3) is 0.474. The molecule has 0 unspecified atom stereocenters. The number of hydrogen-bond donors (Lipinski definition) is 1. The average molecular weight is 341 g/mol. The van der Waals surface area contributed by atoms with Crippen molar-refractivity contribution in [3.05, 3.63) is 42.6 Å². The minimum Gasteiger partial charge on any atom is -0.390 e. The zero-order chi connectivity index (χ0) is 17.6. The zero-order valence-electron chi connectivity index (χ0n) is 15.0. The number of aromatic nitrogens is 2. The van der Waals surface area contributed by atoms with Gasteiger partial charge in [0.25, 0.3) is 0 Å². The van der Waals surface area contributed by atoms with Gasteiger partial charge in [0, 0.05) is 58.1 Å². The Bertz CT molecular complexity index is 658. The lowest BCUT2D eigenvalue weighted by atomic mass is 10.2. The Hall–Kier alpha value is -2.02. The number of aliphatic hydroxyl groups is 1. The molecule has 1 aliphatic heterocycles. The standard InChI is InChI=1S/C19H27N5O/c1-22-10-12-24(13-11-22)15-17(25)14-23(2)18-8-9-20-19(21-18)16-6-4-3-5-7-16/h3-9,17,25H,10-15H2,1-2H3/t17-/m1/s1. The summed E-state index contributed by atoms with van der Waals surface area (Å²) in [5.74, 6) is 1.53. The van der Waals surface area contributed by atoms with Crippen molar-refractivity contribution in [3.8, 4) is 11.4 Å². The highest BCUT2D eigenvalue weighted by Gasteiger charge is 2.18. The lowest BCUT2D eigenvalue weighted by Gasteiger charge is -2.34. The van der Waals surface area contributed by atoms with Crippen LogP contribution in [-0.2, 0) is 0 Å². The van der Waals surface area contributed by atoms with Crippen LogP contribution in [0.3, 0.4) is 0 Å². The van der Waals surface area contributed by atoms with Crippen LogP contribution in [0.25, 0.3) is 11.4 Å². The lowest BCUT2D eigenvalue weighted by Crippen LogP contribution is -2.48. The maximum Gasteiger partial charge on any atom is 0.161 e. The molecule has 1 saturated heterocycles. The van der Waals surface area contributed by atoms with Gasteiger partial charge in [0.15, 0.2) is 5.82 Å². The second-order valence-electron chi connectivity index (χ2n) is 6.74. The zero-order valence-corrected chi connectivity index (χ0v) is 15.0. The third-order valence-electron chi connectivity index (χ3n) is 4.61. The van der Waals surface area contributed by atoms with Gasteiger partial charge < -0.3 is 14.9 Å². The van der Waals surface area contributed by atoms with Crippen molar-refractivity contribution < 1.29 is 5.11 Å². The highest BCUT2D eigenvalue weighted by atomic mass is 16.3. The number of nitrogens with zero attached hydrogens (tertiary/aromatic N) is 5. The molecule has 0 aliphatic carbocycles. The fourth-order valence-corrected chi connectivity index (χ4v) is 3.08. The summed E-state index contributed by atoms with van der Waals surface area (Å²) in [6.07, 6.45) is 1.37. The van der Waals surface area contributed by atoms with Crippen molar-refractivity contribution >= 4 is 5.82 Å². The average Bonchev–Trinajstić information content (AvgIpc) is 2.64. The molecule has 6 nitrogen and oxygen atoms in total. The first kappa shape index (κ1) is 17.8. The van der Waals surface area contributed by atoms with E-state index in [0.29, 0.717) is 18.9 Å². The van der Waals surface area contributed by atoms with Crippen LogP contribution in [-0.4, -0.2) is 84.3 Å². The normalized spacial score (nSPS) is 17.4. The van der Waals surface area contributed by atoms with Gasteiger partial charge >= 0.3 is 0 Å². The molecule has 1 atom stereocenters. The van der Waals surface area contributed by atoms with E-state index >= 15 is 0 Å². The Kier molecular flexibility index (Phi) is 5.96. The molecular weight excluding hydrogens is 314 g/mol. The molecule has 1 aliphatic rings. The summed E-state index contributed by atoms with van der Waals surface area (Å²) in [5.41, 5.74) is 0.996. The molecule has 2 aromatic rings. The van der Waals surface area contributed by atoms with Gasteiger partial charge in [0.2, 0.25) is 0 Å². The number of anilines is 1. The minimum atomic E-state index is -0.399. The monoisotopic (exact) mass is 341 g/mol. The van der Waals surface area contributed by atoms with Crippen LogP contribution in [0.2, 0.25) is 0 Å². The highest BCUT2D eigenvalue weighted by molar-refractivity contribution is 5.56. The first-order valence-corrected chi connectivity index (χ1v) is 8.80. The number of likely N-dealkylation sites (N-methyl/N-ethyl adjacent to an activating group) is 2. The molecule has 134 valence electrons. The van der Waals surface area contributed by atoms with Crippen molar-refractivity contribution in [2.45, 2.75) is 6.10 Å². The number of hydrogen-bond acceptors (Lipinski definition) is 6. The van der Waals surface area contributed by atoms with Gasteiger partial charge in [-0.3, -0.25) is 4.90 Å². The highest BCUT2D eigenvalue weighted by Crippen LogP contribution is 2.17. The predicted octanol–water partition coefficient (Wildman–Crippen LogP) is 1.19. The third kappa shape index (κ3) is 4.98. The van der Waals surface area contributed by atoms with Crippen LogP contribution >= 0.6 is 0 Å². The van der Waals surface area contributed by atoms with E-state index in [1.807, 2.05) is 48.3 Å². The van der Waals surface area contributed by atoms with Crippen LogP contribution in [0.5, 0.6) is 0 Å². The molecule has 1 fully saturated rings. The summed E-state index contributed by atoms with van der Waals surface area (Å²) in [5, 5.41) is 10.4. The van der Waals surface area contributed by atoms with Gasteiger partial charge in [-0.2, -0.15) is 0 Å². The van der Waals surface area contributed by atoms with Crippen LogP contribution in [0.4, 0.5) is 5.82 Å². The number of aliphatic hydroxyl groups excluding tert-OH is 1. The summed E-state index contributed by atoms with van der Waals surface area (Å²) in [7, 11) is 4.10. The first-order valence-electron chi connectivity index (χ1n) is 8.80. The van der Waals surface area contributed by atoms with Gasteiger partial charge in [0.05, 0.1) is 6.10 Å². The summed E-state index contributed by atoms with van der Waals surface area (Å²) >= 11 is 0. The SMILES string of the molecule is CN1CCN(C[C@H](O)CN(C)c2ccnc(-c3ccccc3)n2)CC1. The lowest BCUT2D eigenvalue weighted by molar-refractivity contribution is 0.0842. The molecule has 0 spiro atoms. The molecule has 0 radical (unpaired) electrons. The van der Waals surface area contributed by atoms with Crippen molar-refractivity contribution in [1.82, 2.24) is 19.8 Å². The van der Waals surface area contributed by atoms with Gasteiger partial charge in [-0.05, 0) is 13.1 Å². The van der Waals surface area contributed by atoms with Gasteiger partial charge in [0.1, 0.15) is 5.82 Å². The molecular formula is C19H27N5O. The van der Waals surface area contributed by atoms with E-state index < -0.39 is 6.10 Å². The van der Waals surface area contributed by atoms with Crippen LogP contribution in [0.1, 0.15) is 0 Å². The maximum atomic E-state index is 10.4. The minimum absolute atomic E-state index is 0.399. The van der Waals surface area contributed by atoms with Gasteiger partial charge in [-0.15, -0.1) is 0 Å². The van der Waals surface area contributed by atoms with Crippen LogP contribution < -0.4 is 4.90 Å². The Morgan fingerprint density at radius 2 is 1.84 bits per heavy atom. The number of piperazine rings is 1. The van der Waals surface area contributed by atoms with Crippen molar-refractivity contribution in [2.75, 3.05) is 58.3 Å². The third-order valence-corrected chi connectivity index (χ3v) is 4.61. The maximum absolute atomic E-state index is 10.4. The quantitative estimate of drug-likeness (QED) is 0.852. The Balaban J connectivity index is 1.58. The Morgan fingerprint density at radius 1 is 1.12 bits per heavy atom. The summed E-state index contributed by atoms with van der Waals surface area (Å²) in [4.78, 5) is 15.6. The predicted molar refractivity (Wildman–Crippen MR) is 101 cm³/mol. The molecule has 25 heavy (non-hydrogen) atoms. The summed E-state index contributed by atoms with van der Waals surface area (Å²) < 4.78 is 0. The molecule has 1 aromatic heterocycles. The van der Waals surface area contributed by atoms with E-state index in [0.717, 1.165) is 37.6 Å². The molecule has 0 saturated carbocycles. The van der Waals surface area contributed by atoms with E-state index in [1.54, 1.807) is 6.20 Å². The fourth-order valence-electron chi connectivity index (χ4n) is 3.08. The molecule has 1 aromatic carbocycles. The van der Waals surface area contributed by atoms with Crippen LogP contribution in [0.15, 0.2) is 42.6 Å². The molecule has 3 rings (SSSR count). The second kappa shape index (κ2) is 8.38. The second-order valence-corrected chi connectivity index (χ2v) is 6.74. The molecule has 0 bridgehead atoms. The van der Waals surface area contributed by atoms with Crippen LogP contribution in [0, 0.1) is 0 Å². The Morgan fingerprint density at radius 3 is 2.56 bits per heavy atom. The largest absolute Gasteiger partial charge is 0.390 e.